The minimum absolute atomic E-state index is 0.0253. The van der Waals surface area contributed by atoms with Crippen molar-refractivity contribution in [3.63, 3.8) is 0 Å². The number of nitrogens with one attached hydrogen (secondary N) is 1. The molecule has 1 aliphatic heterocycles. The molecule has 1 aliphatic rings. The molecule has 7 heteroatoms. The summed E-state index contributed by atoms with van der Waals surface area (Å²) in [6.45, 7) is 2.49. The summed E-state index contributed by atoms with van der Waals surface area (Å²) in [5, 5.41) is 2.82. The Morgan fingerprint density at radius 3 is 2.79 bits per heavy atom. The third kappa shape index (κ3) is 3.42. The van der Waals surface area contributed by atoms with Crippen LogP contribution < -0.4 is 5.32 Å². The normalized spacial score (nSPS) is 18.6. The molecule has 24 heavy (non-hydrogen) atoms. The van der Waals surface area contributed by atoms with Gasteiger partial charge in [-0.1, -0.05) is 0 Å². The van der Waals surface area contributed by atoms with Gasteiger partial charge in [0.05, 0.1) is 14.7 Å². The van der Waals surface area contributed by atoms with Gasteiger partial charge in [-0.05, 0) is 60.0 Å². The van der Waals surface area contributed by atoms with Crippen molar-refractivity contribution >= 4 is 39.1 Å². The van der Waals surface area contributed by atoms with Crippen LogP contribution in [0.25, 0.3) is 0 Å². The Hall–Kier alpha value is -1.60. The van der Waals surface area contributed by atoms with E-state index in [0.29, 0.717) is 4.88 Å². The fourth-order valence-corrected chi connectivity index (χ4v) is 4.46. The average Bonchev–Trinajstić information content (AvgIpc) is 3.26. The predicted octanol–water partition coefficient (Wildman–Crippen LogP) is 3.33. The summed E-state index contributed by atoms with van der Waals surface area (Å²) in [6, 6.07) is 7.19. The summed E-state index contributed by atoms with van der Waals surface area (Å²) in [5.41, 5.74) is 1.14. The van der Waals surface area contributed by atoms with E-state index in [1.54, 1.807) is 13.0 Å². The van der Waals surface area contributed by atoms with Gasteiger partial charge in [-0.25, -0.2) is 0 Å². The molecule has 3 rings (SSSR count). The van der Waals surface area contributed by atoms with Gasteiger partial charge in [0.2, 0.25) is 5.91 Å². The smallest absolute Gasteiger partial charge is 0.262 e. The molecule has 0 spiro atoms. The maximum atomic E-state index is 12.8. The lowest BCUT2D eigenvalue weighted by molar-refractivity contribution is -0.133. The summed E-state index contributed by atoms with van der Waals surface area (Å²) in [5.74, 6) is -0.233. The molecule has 0 radical (unpaired) electrons. The quantitative estimate of drug-likeness (QED) is 0.841. The first-order chi connectivity index (χ1) is 11.5. The van der Waals surface area contributed by atoms with E-state index < -0.39 is 6.04 Å². The Labute approximate surface area is 153 Å². The number of hydrogen-bond acceptors (Lipinski definition) is 3. The van der Waals surface area contributed by atoms with Gasteiger partial charge in [-0.3, -0.25) is 9.59 Å². The number of carbonyl (C=O) groups is 2. The van der Waals surface area contributed by atoms with Crippen LogP contribution in [0.2, 0.25) is 0 Å². The van der Waals surface area contributed by atoms with Crippen molar-refractivity contribution in [3.8, 4) is 0 Å². The van der Waals surface area contributed by atoms with Gasteiger partial charge in [0.25, 0.3) is 5.91 Å². The molecule has 1 N–H and O–H groups in total. The van der Waals surface area contributed by atoms with Crippen LogP contribution in [0.5, 0.6) is 0 Å². The molecule has 3 heterocycles. The number of rotatable bonds is 4. The lowest BCUT2D eigenvalue weighted by Crippen LogP contribution is -2.46. The van der Waals surface area contributed by atoms with E-state index >= 15 is 0 Å². The summed E-state index contributed by atoms with van der Waals surface area (Å²) in [6.07, 6.45) is 3.94. The highest BCUT2D eigenvalue weighted by molar-refractivity contribution is 9.11. The van der Waals surface area contributed by atoms with Crippen LogP contribution in [-0.2, 0) is 11.8 Å². The molecule has 1 saturated heterocycles. The number of amides is 2. The maximum Gasteiger partial charge on any atom is 0.262 e. The SMILES string of the molecule is CC(NC(=O)c1ccc(Br)s1)C(=O)N1CCCC1c1cccn1C. The zero-order valence-electron chi connectivity index (χ0n) is 13.7. The first-order valence-electron chi connectivity index (χ1n) is 7.95. The second-order valence-electron chi connectivity index (χ2n) is 6.03. The van der Waals surface area contributed by atoms with E-state index in [2.05, 4.69) is 31.9 Å². The van der Waals surface area contributed by atoms with Crippen molar-refractivity contribution in [1.29, 1.82) is 0 Å². The third-order valence-corrected chi connectivity index (χ3v) is 6.00. The van der Waals surface area contributed by atoms with Gasteiger partial charge in [0.1, 0.15) is 6.04 Å². The van der Waals surface area contributed by atoms with Crippen molar-refractivity contribution in [3.05, 3.63) is 44.8 Å². The van der Waals surface area contributed by atoms with Gasteiger partial charge < -0.3 is 14.8 Å². The Morgan fingerprint density at radius 1 is 1.38 bits per heavy atom. The summed E-state index contributed by atoms with van der Waals surface area (Å²) >= 11 is 4.71. The van der Waals surface area contributed by atoms with Crippen molar-refractivity contribution in [2.45, 2.75) is 31.8 Å². The molecule has 0 aromatic carbocycles. The molecule has 128 valence electrons. The zero-order chi connectivity index (χ0) is 17.3. The molecule has 2 aromatic rings. The highest BCUT2D eigenvalue weighted by Crippen LogP contribution is 2.32. The standard InChI is InChI=1S/C17H20BrN3O2S/c1-11(19-16(22)14-7-8-15(18)24-14)17(23)21-10-4-6-13(21)12-5-3-9-20(12)2/h3,5,7-9,11,13H,4,6,10H2,1-2H3,(H,19,22). The van der Waals surface area contributed by atoms with E-state index in [1.165, 1.54) is 11.3 Å². The molecule has 0 bridgehead atoms. The van der Waals surface area contributed by atoms with E-state index in [1.807, 2.05) is 30.3 Å². The van der Waals surface area contributed by atoms with Crippen LogP contribution in [0.3, 0.4) is 0 Å². The molecular weight excluding hydrogens is 390 g/mol. The summed E-state index contributed by atoms with van der Waals surface area (Å²) in [4.78, 5) is 27.6. The predicted molar refractivity (Wildman–Crippen MR) is 98.0 cm³/mol. The molecule has 2 unspecified atom stereocenters. The third-order valence-electron chi connectivity index (χ3n) is 4.38. The van der Waals surface area contributed by atoms with Gasteiger partial charge in [-0.15, -0.1) is 11.3 Å². The first kappa shape index (κ1) is 17.2. The molecule has 0 saturated carbocycles. The fourth-order valence-electron chi connectivity index (χ4n) is 3.17. The van der Waals surface area contributed by atoms with Gasteiger partial charge in [-0.2, -0.15) is 0 Å². The minimum Gasteiger partial charge on any atom is -0.353 e. The number of likely N-dealkylation sites (tertiary alicyclic amines) is 1. The second-order valence-corrected chi connectivity index (χ2v) is 8.50. The number of carbonyl (C=O) groups excluding carboxylic acids is 2. The second kappa shape index (κ2) is 7.11. The van der Waals surface area contributed by atoms with Crippen LogP contribution in [-0.4, -0.2) is 33.9 Å². The zero-order valence-corrected chi connectivity index (χ0v) is 16.1. The maximum absolute atomic E-state index is 12.8. The van der Waals surface area contributed by atoms with Crippen molar-refractivity contribution < 1.29 is 9.59 Å². The summed E-state index contributed by atoms with van der Waals surface area (Å²) in [7, 11) is 2.00. The monoisotopic (exact) mass is 409 g/mol. The first-order valence-corrected chi connectivity index (χ1v) is 9.56. The Balaban J connectivity index is 1.68. The topological polar surface area (TPSA) is 54.3 Å². The van der Waals surface area contributed by atoms with Crippen LogP contribution in [0.1, 0.15) is 41.2 Å². The number of aromatic nitrogens is 1. The molecule has 2 atom stereocenters. The van der Waals surface area contributed by atoms with Crippen molar-refractivity contribution in [1.82, 2.24) is 14.8 Å². The van der Waals surface area contributed by atoms with Crippen LogP contribution in [0, 0.1) is 0 Å². The number of thiophene rings is 1. The van der Waals surface area contributed by atoms with Gasteiger partial charge in [0, 0.05) is 25.5 Å². The van der Waals surface area contributed by atoms with E-state index in [9.17, 15) is 9.59 Å². The molecule has 2 amide bonds. The van der Waals surface area contributed by atoms with E-state index in [4.69, 9.17) is 0 Å². The van der Waals surface area contributed by atoms with Crippen LogP contribution in [0.15, 0.2) is 34.2 Å². The number of nitrogens with zero attached hydrogens (tertiary/aromatic N) is 2. The van der Waals surface area contributed by atoms with Crippen LogP contribution in [0.4, 0.5) is 0 Å². The molecular formula is C17H20BrN3O2S. The Bertz CT molecular complexity index is 755. The highest BCUT2D eigenvalue weighted by Gasteiger charge is 2.34. The lowest BCUT2D eigenvalue weighted by atomic mass is 10.1. The fraction of sp³-hybridized carbons (Fsp3) is 0.412. The number of halogens is 1. The number of hydrogen-bond donors (Lipinski definition) is 1. The molecule has 5 nitrogen and oxygen atoms in total. The Kier molecular flexibility index (Phi) is 5.10. The van der Waals surface area contributed by atoms with E-state index in [0.717, 1.165) is 28.9 Å². The van der Waals surface area contributed by atoms with Crippen molar-refractivity contribution in [2.75, 3.05) is 6.54 Å². The van der Waals surface area contributed by atoms with Crippen LogP contribution >= 0.6 is 27.3 Å². The van der Waals surface area contributed by atoms with E-state index in [-0.39, 0.29) is 17.9 Å². The molecule has 1 fully saturated rings. The van der Waals surface area contributed by atoms with Gasteiger partial charge >= 0.3 is 0 Å². The molecule has 0 aliphatic carbocycles. The largest absolute Gasteiger partial charge is 0.353 e. The highest BCUT2D eigenvalue weighted by atomic mass is 79.9. The Morgan fingerprint density at radius 2 is 2.17 bits per heavy atom. The number of aryl methyl sites for hydroxylation is 1. The average molecular weight is 410 g/mol. The lowest BCUT2D eigenvalue weighted by Gasteiger charge is -2.28. The van der Waals surface area contributed by atoms with Gasteiger partial charge in [0.15, 0.2) is 0 Å². The summed E-state index contributed by atoms with van der Waals surface area (Å²) < 4.78 is 2.96. The minimum atomic E-state index is -0.542. The molecule has 2 aromatic heterocycles. The van der Waals surface area contributed by atoms with Crippen molar-refractivity contribution in [2.24, 2.45) is 7.05 Å².